The van der Waals surface area contributed by atoms with Crippen molar-refractivity contribution in [3.63, 3.8) is 0 Å². The van der Waals surface area contributed by atoms with Crippen LogP contribution >= 0.6 is 22.9 Å². The summed E-state index contributed by atoms with van der Waals surface area (Å²) >= 11 is 7.56. The van der Waals surface area contributed by atoms with E-state index in [1.54, 1.807) is 36.4 Å². The summed E-state index contributed by atoms with van der Waals surface area (Å²) in [6, 6.07) is 16.0. The van der Waals surface area contributed by atoms with E-state index in [4.69, 9.17) is 16.3 Å². The third-order valence-corrected chi connectivity index (χ3v) is 5.90. The van der Waals surface area contributed by atoms with Crippen molar-refractivity contribution in [1.29, 1.82) is 0 Å². The molecule has 4 rings (SSSR count). The summed E-state index contributed by atoms with van der Waals surface area (Å²) in [7, 11) is 0. The first-order valence-corrected chi connectivity index (χ1v) is 11.1. The van der Waals surface area contributed by atoms with Gasteiger partial charge >= 0.3 is 0 Å². The summed E-state index contributed by atoms with van der Waals surface area (Å²) in [5, 5.41) is 5.59. The van der Waals surface area contributed by atoms with Crippen molar-refractivity contribution in [2.45, 2.75) is 26.9 Å². The number of carbonyl (C=O) groups excluding carboxylic acids is 2. The first kappa shape index (κ1) is 21.2. The van der Waals surface area contributed by atoms with E-state index >= 15 is 0 Å². The van der Waals surface area contributed by atoms with Crippen LogP contribution < -0.4 is 15.0 Å². The first-order valence-electron chi connectivity index (χ1n) is 9.82. The Hall–Kier alpha value is -3.09. The van der Waals surface area contributed by atoms with Gasteiger partial charge in [-0.05, 0) is 74.2 Å². The molecule has 2 heterocycles. The molecule has 0 fully saturated rings. The van der Waals surface area contributed by atoms with Gasteiger partial charge in [-0.15, -0.1) is 11.3 Å². The molecule has 2 aromatic carbocycles. The fourth-order valence-corrected chi connectivity index (χ4v) is 4.28. The SMILES string of the molecule is Cc1ccc(Cl)cc1NC1=C(c2cccs2)C(=O)N(c2ccc(OC(C)C)cc2)C1=O. The highest BCUT2D eigenvalue weighted by atomic mass is 35.5. The molecule has 5 nitrogen and oxygen atoms in total. The number of amides is 2. The van der Waals surface area contributed by atoms with E-state index in [0.29, 0.717) is 27.7 Å². The average Bonchev–Trinajstić information content (AvgIpc) is 3.32. The van der Waals surface area contributed by atoms with Gasteiger partial charge in [-0.25, -0.2) is 4.90 Å². The van der Waals surface area contributed by atoms with Crippen LogP contribution in [0.3, 0.4) is 0 Å². The highest BCUT2D eigenvalue weighted by molar-refractivity contribution is 7.11. The zero-order chi connectivity index (χ0) is 22.1. The Morgan fingerprint density at radius 3 is 2.42 bits per heavy atom. The predicted molar refractivity (Wildman–Crippen MR) is 126 cm³/mol. The molecule has 0 bridgehead atoms. The van der Waals surface area contributed by atoms with Gasteiger partial charge in [0, 0.05) is 15.6 Å². The van der Waals surface area contributed by atoms with Gasteiger partial charge in [-0.3, -0.25) is 9.59 Å². The number of hydrogen-bond acceptors (Lipinski definition) is 5. The Balaban J connectivity index is 1.73. The summed E-state index contributed by atoms with van der Waals surface area (Å²) in [6.07, 6.45) is 0.0322. The van der Waals surface area contributed by atoms with Crippen molar-refractivity contribution < 1.29 is 14.3 Å². The number of thiophene rings is 1. The third kappa shape index (κ3) is 4.22. The summed E-state index contributed by atoms with van der Waals surface area (Å²) in [6.45, 7) is 5.79. The van der Waals surface area contributed by atoms with E-state index in [1.165, 1.54) is 16.2 Å². The second-order valence-corrected chi connectivity index (χ2v) is 8.80. The molecule has 3 aromatic rings. The van der Waals surface area contributed by atoms with Crippen molar-refractivity contribution in [3.8, 4) is 5.75 Å². The highest BCUT2D eigenvalue weighted by Gasteiger charge is 2.40. The van der Waals surface area contributed by atoms with E-state index in [-0.39, 0.29) is 17.7 Å². The molecule has 158 valence electrons. The maximum absolute atomic E-state index is 13.4. The number of rotatable bonds is 6. The van der Waals surface area contributed by atoms with E-state index in [1.807, 2.05) is 44.4 Å². The standard InChI is InChI=1S/C24H21ClN2O3S/c1-14(2)30-18-10-8-17(9-11-18)27-23(28)21(20-5-4-12-31-20)22(24(27)29)26-19-13-16(25)7-6-15(19)3/h4-14,26H,1-3H3. The second kappa shape index (κ2) is 8.57. The van der Waals surface area contributed by atoms with Crippen LogP contribution in [0.15, 0.2) is 65.7 Å². The maximum Gasteiger partial charge on any atom is 0.282 e. The van der Waals surface area contributed by atoms with Crippen molar-refractivity contribution in [2.24, 2.45) is 0 Å². The number of carbonyl (C=O) groups is 2. The summed E-state index contributed by atoms with van der Waals surface area (Å²) in [5.74, 6) is -0.102. The van der Waals surface area contributed by atoms with Gasteiger partial charge in [0.1, 0.15) is 11.4 Å². The molecule has 1 N–H and O–H groups in total. The van der Waals surface area contributed by atoms with Crippen LogP contribution in [-0.4, -0.2) is 17.9 Å². The van der Waals surface area contributed by atoms with Crippen molar-refractivity contribution in [3.05, 3.63) is 81.1 Å². The van der Waals surface area contributed by atoms with Crippen LogP contribution in [0.1, 0.15) is 24.3 Å². The molecular weight excluding hydrogens is 432 g/mol. The van der Waals surface area contributed by atoms with E-state index in [0.717, 1.165) is 10.4 Å². The third-order valence-electron chi connectivity index (χ3n) is 4.78. The summed E-state index contributed by atoms with van der Waals surface area (Å²) < 4.78 is 5.67. The minimum atomic E-state index is -0.412. The predicted octanol–water partition coefficient (Wildman–Crippen LogP) is 5.89. The van der Waals surface area contributed by atoms with Gasteiger partial charge in [0.2, 0.25) is 0 Å². The average molecular weight is 453 g/mol. The van der Waals surface area contributed by atoms with Gasteiger partial charge in [-0.1, -0.05) is 23.7 Å². The number of hydrogen-bond donors (Lipinski definition) is 1. The lowest BCUT2D eigenvalue weighted by Crippen LogP contribution is -2.32. The van der Waals surface area contributed by atoms with E-state index in [9.17, 15) is 9.59 Å². The Morgan fingerprint density at radius 1 is 1.03 bits per heavy atom. The zero-order valence-electron chi connectivity index (χ0n) is 17.3. The largest absolute Gasteiger partial charge is 0.491 e. The quantitative estimate of drug-likeness (QED) is 0.473. The summed E-state index contributed by atoms with van der Waals surface area (Å²) in [4.78, 5) is 28.7. The van der Waals surface area contributed by atoms with Crippen LogP contribution in [0.5, 0.6) is 5.75 Å². The van der Waals surface area contributed by atoms with Gasteiger partial charge in [-0.2, -0.15) is 0 Å². The molecule has 0 saturated heterocycles. The Bertz CT molecular complexity index is 1170. The molecule has 1 aliphatic rings. The monoisotopic (exact) mass is 452 g/mol. The number of aryl methyl sites for hydroxylation is 1. The normalized spacial score (nSPS) is 14.0. The lowest BCUT2D eigenvalue weighted by Gasteiger charge is -2.17. The van der Waals surface area contributed by atoms with Crippen LogP contribution in [0.2, 0.25) is 5.02 Å². The van der Waals surface area contributed by atoms with Gasteiger partial charge < -0.3 is 10.1 Å². The fraction of sp³-hybridized carbons (Fsp3) is 0.167. The van der Waals surface area contributed by atoms with Crippen molar-refractivity contribution >= 4 is 51.7 Å². The molecule has 0 radical (unpaired) electrons. The van der Waals surface area contributed by atoms with Gasteiger partial charge in [0.25, 0.3) is 11.8 Å². The molecule has 0 spiro atoms. The second-order valence-electron chi connectivity index (χ2n) is 7.42. The van der Waals surface area contributed by atoms with Crippen LogP contribution in [0.4, 0.5) is 11.4 Å². The van der Waals surface area contributed by atoms with E-state index < -0.39 is 5.91 Å². The minimum Gasteiger partial charge on any atom is -0.491 e. The highest BCUT2D eigenvalue weighted by Crippen LogP contribution is 2.36. The number of nitrogens with one attached hydrogen (secondary N) is 1. The van der Waals surface area contributed by atoms with Gasteiger partial charge in [0.15, 0.2) is 0 Å². The van der Waals surface area contributed by atoms with E-state index in [2.05, 4.69) is 5.32 Å². The number of benzene rings is 2. The number of imide groups is 1. The smallest absolute Gasteiger partial charge is 0.282 e. The minimum absolute atomic E-state index is 0.0322. The molecular formula is C24H21ClN2O3S. The molecule has 0 saturated carbocycles. The Kier molecular flexibility index (Phi) is 5.85. The molecule has 1 aliphatic heterocycles. The molecule has 0 atom stereocenters. The van der Waals surface area contributed by atoms with Crippen molar-refractivity contribution in [2.75, 3.05) is 10.2 Å². The molecule has 0 unspecified atom stereocenters. The number of ether oxygens (including phenoxy) is 1. The van der Waals surface area contributed by atoms with Crippen LogP contribution in [0.25, 0.3) is 5.57 Å². The number of nitrogens with zero attached hydrogens (tertiary/aromatic N) is 1. The summed E-state index contributed by atoms with van der Waals surface area (Å²) in [5.41, 5.74) is 2.67. The first-order chi connectivity index (χ1) is 14.8. The maximum atomic E-state index is 13.4. The number of anilines is 2. The van der Waals surface area contributed by atoms with Gasteiger partial charge in [0.05, 0.1) is 17.4 Å². The Labute approximate surface area is 189 Å². The topological polar surface area (TPSA) is 58.6 Å². The molecule has 1 aromatic heterocycles. The van der Waals surface area contributed by atoms with Crippen LogP contribution in [-0.2, 0) is 9.59 Å². The molecule has 0 aliphatic carbocycles. The fourth-order valence-electron chi connectivity index (χ4n) is 3.34. The lowest BCUT2D eigenvalue weighted by molar-refractivity contribution is -0.120. The molecule has 7 heteroatoms. The molecule has 2 amide bonds. The van der Waals surface area contributed by atoms with Crippen LogP contribution in [0, 0.1) is 6.92 Å². The Morgan fingerprint density at radius 2 is 1.77 bits per heavy atom. The zero-order valence-corrected chi connectivity index (χ0v) is 18.9. The number of halogens is 1. The van der Waals surface area contributed by atoms with Crippen molar-refractivity contribution in [1.82, 2.24) is 0 Å². The molecule has 31 heavy (non-hydrogen) atoms. The lowest BCUT2D eigenvalue weighted by atomic mass is 10.1.